The van der Waals surface area contributed by atoms with Crippen molar-refractivity contribution in [3.8, 4) is 0 Å². The summed E-state index contributed by atoms with van der Waals surface area (Å²) in [5.74, 6) is -0.756. The van der Waals surface area contributed by atoms with E-state index >= 15 is 0 Å². The van der Waals surface area contributed by atoms with Crippen LogP contribution in [0.3, 0.4) is 0 Å². The first-order valence-corrected chi connectivity index (χ1v) is 7.54. The summed E-state index contributed by atoms with van der Waals surface area (Å²) in [5, 5.41) is 1.90. The van der Waals surface area contributed by atoms with Crippen LogP contribution >= 0.6 is 11.8 Å². The first-order chi connectivity index (χ1) is 11.0. The number of thioether (sulfide) groups is 1. The summed E-state index contributed by atoms with van der Waals surface area (Å²) >= 11 is -0.499. The second kappa shape index (κ2) is 8.56. The van der Waals surface area contributed by atoms with Gasteiger partial charge in [-0.05, 0) is 32.1 Å². The number of pyridine rings is 1. The monoisotopic (exact) mass is 375 g/mol. The molecule has 1 heterocycles. The topological polar surface area (TPSA) is 45.2 Å². The van der Waals surface area contributed by atoms with E-state index in [9.17, 15) is 31.1 Å². The van der Waals surface area contributed by atoms with Crippen molar-refractivity contribution in [1.82, 2.24) is 15.2 Å². The maximum absolute atomic E-state index is 12.4. The highest BCUT2D eigenvalue weighted by Gasteiger charge is 2.32. The molecule has 0 saturated carbocycles. The van der Waals surface area contributed by atoms with Gasteiger partial charge in [-0.25, -0.2) is 4.98 Å². The Morgan fingerprint density at radius 1 is 1.29 bits per heavy atom. The summed E-state index contributed by atoms with van der Waals surface area (Å²) in [6.07, 6.45) is -2.95. The van der Waals surface area contributed by atoms with Gasteiger partial charge in [0.15, 0.2) is 0 Å². The predicted molar refractivity (Wildman–Crippen MR) is 76.7 cm³/mol. The minimum absolute atomic E-state index is 0.0338. The van der Waals surface area contributed by atoms with Crippen molar-refractivity contribution in [2.75, 3.05) is 26.7 Å². The molecule has 0 fully saturated rings. The summed E-state index contributed by atoms with van der Waals surface area (Å²) in [4.78, 5) is 16.5. The van der Waals surface area contributed by atoms with Gasteiger partial charge >= 0.3 is 11.7 Å². The van der Waals surface area contributed by atoms with Gasteiger partial charge in [0.25, 0.3) is 5.91 Å². The minimum Gasteiger partial charge on any atom is -0.352 e. The van der Waals surface area contributed by atoms with Crippen molar-refractivity contribution >= 4 is 17.7 Å². The average Bonchev–Trinajstić information content (AvgIpc) is 2.40. The lowest BCUT2D eigenvalue weighted by molar-refractivity contribution is -0.143. The number of alkyl halides is 6. The number of halogens is 6. The van der Waals surface area contributed by atoms with Crippen molar-refractivity contribution < 1.29 is 31.1 Å². The standard InChI is InChI=1S/C13H15F6N3OS/c1-22(8-12(14,15)16)7-3-6-20-10(23)9-4-2-5-21-11(9)24-13(17,18)19/h2,4-5H,3,6-8H2,1H3,(H,20,23). The molecule has 0 unspecified atom stereocenters. The zero-order chi connectivity index (χ0) is 18.4. The molecule has 0 spiro atoms. The zero-order valence-electron chi connectivity index (χ0n) is 12.5. The van der Waals surface area contributed by atoms with Gasteiger partial charge in [0.1, 0.15) is 5.03 Å². The largest absolute Gasteiger partial charge is 0.447 e. The Kier molecular flexibility index (Phi) is 7.33. The molecule has 1 aromatic rings. The molecule has 4 nitrogen and oxygen atoms in total. The first kappa shape index (κ1) is 20.6. The van der Waals surface area contributed by atoms with E-state index in [2.05, 4.69) is 10.3 Å². The number of carbonyl (C=O) groups excluding carboxylic acids is 1. The zero-order valence-corrected chi connectivity index (χ0v) is 13.4. The van der Waals surface area contributed by atoms with Crippen LogP contribution in [0.1, 0.15) is 16.8 Å². The average molecular weight is 375 g/mol. The molecular formula is C13H15F6N3OS. The fourth-order valence-corrected chi connectivity index (χ4v) is 2.39. The van der Waals surface area contributed by atoms with Gasteiger partial charge in [-0.2, -0.15) is 26.3 Å². The van der Waals surface area contributed by atoms with Crippen molar-refractivity contribution in [1.29, 1.82) is 0 Å². The van der Waals surface area contributed by atoms with Crippen LogP contribution in [0.25, 0.3) is 0 Å². The lowest BCUT2D eigenvalue weighted by Gasteiger charge is -2.18. The Hall–Kier alpha value is -1.49. The van der Waals surface area contributed by atoms with Crippen LogP contribution in [0.5, 0.6) is 0 Å². The number of rotatable bonds is 7. The molecule has 0 aliphatic carbocycles. The normalized spacial score (nSPS) is 12.5. The van der Waals surface area contributed by atoms with Crippen LogP contribution in [-0.2, 0) is 0 Å². The van der Waals surface area contributed by atoms with Gasteiger partial charge in [-0.1, -0.05) is 0 Å². The van der Waals surface area contributed by atoms with Crippen LogP contribution in [0, 0.1) is 0 Å². The van der Waals surface area contributed by atoms with Gasteiger partial charge in [0.05, 0.1) is 12.1 Å². The minimum atomic E-state index is -4.58. The van der Waals surface area contributed by atoms with Crippen molar-refractivity contribution in [3.63, 3.8) is 0 Å². The summed E-state index contributed by atoms with van der Waals surface area (Å²) < 4.78 is 73.6. The third-order valence-electron chi connectivity index (χ3n) is 2.68. The number of nitrogens with one attached hydrogen (secondary N) is 1. The Labute approximate surface area is 138 Å². The molecule has 0 radical (unpaired) electrons. The Morgan fingerprint density at radius 2 is 1.96 bits per heavy atom. The molecule has 11 heteroatoms. The lowest BCUT2D eigenvalue weighted by Crippen LogP contribution is -2.34. The number of nitrogens with zero attached hydrogens (tertiary/aromatic N) is 2. The van der Waals surface area contributed by atoms with E-state index in [1.807, 2.05) is 0 Å². The molecule has 136 valence electrons. The summed E-state index contributed by atoms with van der Waals surface area (Å²) in [6, 6.07) is 2.53. The first-order valence-electron chi connectivity index (χ1n) is 6.72. The molecule has 0 bridgehead atoms. The van der Waals surface area contributed by atoms with E-state index in [1.165, 1.54) is 19.2 Å². The maximum atomic E-state index is 12.4. The number of aromatic nitrogens is 1. The van der Waals surface area contributed by atoms with E-state index in [0.29, 0.717) is 0 Å². The fraction of sp³-hybridized carbons (Fsp3) is 0.538. The number of amides is 1. The fourth-order valence-electron chi connectivity index (χ4n) is 1.79. The summed E-state index contributed by atoms with van der Waals surface area (Å²) in [7, 11) is 1.29. The molecule has 1 N–H and O–H groups in total. The molecule has 0 aliphatic heterocycles. The molecule has 0 atom stereocenters. The van der Waals surface area contributed by atoms with Gasteiger partial charge in [-0.15, -0.1) is 0 Å². The molecule has 0 aliphatic rings. The van der Waals surface area contributed by atoms with E-state index in [4.69, 9.17) is 0 Å². The van der Waals surface area contributed by atoms with Crippen molar-refractivity contribution in [2.45, 2.75) is 23.1 Å². The lowest BCUT2D eigenvalue weighted by atomic mass is 10.2. The molecule has 0 aromatic carbocycles. The molecule has 1 amide bonds. The Morgan fingerprint density at radius 3 is 2.54 bits per heavy atom. The van der Waals surface area contributed by atoms with Crippen LogP contribution in [0.15, 0.2) is 23.4 Å². The van der Waals surface area contributed by atoms with Crippen molar-refractivity contribution in [2.24, 2.45) is 0 Å². The Bertz CT molecular complexity index is 549. The SMILES string of the molecule is CN(CCCNC(=O)c1cccnc1SC(F)(F)F)CC(F)(F)F. The van der Waals surface area contributed by atoms with E-state index < -0.39 is 40.9 Å². The van der Waals surface area contributed by atoms with Crippen LogP contribution in [-0.4, -0.2) is 54.2 Å². The van der Waals surface area contributed by atoms with E-state index in [0.717, 1.165) is 11.1 Å². The van der Waals surface area contributed by atoms with Crippen LogP contribution < -0.4 is 5.32 Å². The smallest absolute Gasteiger partial charge is 0.352 e. The van der Waals surface area contributed by atoms with Gasteiger partial charge < -0.3 is 5.32 Å². The highest BCUT2D eigenvalue weighted by molar-refractivity contribution is 8.00. The van der Waals surface area contributed by atoms with Gasteiger partial charge in [0.2, 0.25) is 0 Å². The number of hydrogen-bond acceptors (Lipinski definition) is 4. The quantitative estimate of drug-likeness (QED) is 0.451. The van der Waals surface area contributed by atoms with E-state index in [-0.39, 0.29) is 25.1 Å². The highest BCUT2D eigenvalue weighted by Crippen LogP contribution is 2.37. The number of hydrogen-bond donors (Lipinski definition) is 1. The van der Waals surface area contributed by atoms with Crippen LogP contribution in [0.2, 0.25) is 0 Å². The molecule has 1 rings (SSSR count). The maximum Gasteiger partial charge on any atom is 0.447 e. The Balaban J connectivity index is 2.49. The van der Waals surface area contributed by atoms with Crippen LogP contribution in [0.4, 0.5) is 26.3 Å². The molecule has 24 heavy (non-hydrogen) atoms. The summed E-state index contributed by atoms with van der Waals surface area (Å²) in [6.45, 7) is -0.959. The third-order valence-corrected chi connectivity index (χ3v) is 3.43. The predicted octanol–water partition coefficient (Wildman–Crippen LogP) is 3.31. The molecule has 0 saturated heterocycles. The highest BCUT2D eigenvalue weighted by atomic mass is 32.2. The van der Waals surface area contributed by atoms with Gasteiger partial charge in [0, 0.05) is 24.5 Å². The molecule has 1 aromatic heterocycles. The molecular weight excluding hydrogens is 360 g/mol. The summed E-state index contributed by atoms with van der Waals surface area (Å²) in [5.41, 5.74) is -4.81. The van der Waals surface area contributed by atoms with Crippen molar-refractivity contribution in [3.05, 3.63) is 23.9 Å². The third kappa shape index (κ3) is 8.39. The number of carbonyl (C=O) groups is 1. The second-order valence-corrected chi connectivity index (χ2v) is 5.92. The van der Waals surface area contributed by atoms with E-state index in [1.54, 1.807) is 0 Å². The van der Waals surface area contributed by atoms with Gasteiger partial charge in [-0.3, -0.25) is 9.69 Å². The second-order valence-electron chi connectivity index (χ2n) is 4.87.